The molecule has 0 saturated heterocycles. The van der Waals surface area contributed by atoms with Crippen LogP contribution in [0, 0.1) is 0 Å². The van der Waals surface area contributed by atoms with Gasteiger partial charge in [-0.05, 0) is 17.2 Å². The maximum atomic E-state index is 11.1. The Morgan fingerprint density at radius 2 is 2.13 bits per heavy atom. The fourth-order valence-electron chi connectivity index (χ4n) is 1.11. The number of benzene rings is 1. The number of alkyl halides is 1. The first kappa shape index (κ1) is 12.8. The minimum atomic E-state index is -0.293. The molecule has 0 aliphatic carbocycles. The van der Waals surface area contributed by atoms with Gasteiger partial charge in [0.25, 0.3) is 0 Å². The van der Waals surface area contributed by atoms with Gasteiger partial charge in [-0.3, -0.25) is 4.79 Å². The SMILES string of the molecule is COC(=O)Cc1cc(CCl)c(Cl)cc1Br. The summed E-state index contributed by atoms with van der Waals surface area (Å²) < 4.78 is 5.37. The number of ether oxygens (including phenoxy) is 1. The molecular weight excluding hydrogens is 303 g/mol. The summed E-state index contributed by atoms with van der Waals surface area (Å²) in [6.45, 7) is 0. The predicted octanol–water partition coefficient (Wildman–Crippen LogP) is 3.56. The third kappa shape index (κ3) is 3.37. The van der Waals surface area contributed by atoms with Crippen LogP contribution in [0.2, 0.25) is 5.02 Å². The van der Waals surface area contributed by atoms with Crippen molar-refractivity contribution in [1.82, 2.24) is 0 Å². The monoisotopic (exact) mass is 310 g/mol. The highest BCUT2D eigenvalue weighted by Gasteiger charge is 2.10. The van der Waals surface area contributed by atoms with Crippen molar-refractivity contribution in [3.8, 4) is 0 Å². The summed E-state index contributed by atoms with van der Waals surface area (Å²) in [7, 11) is 1.36. The van der Waals surface area contributed by atoms with Crippen molar-refractivity contribution in [2.24, 2.45) is 0 Å². The molecule has 0 saturated carbocycles. The van der Waals surface area contributed by atoms with E-state index in [9.17, 15) is 4.79 Å². The van der Waals surface area contributed by atoms with Gasteiger partial charge in [-0.25, -0.2) is 0 Å². The van der Waals surface area contributed by atoms with Crippen LogP contribution in [0.25, 0.3) is 0 Å². The van der Waals surface area contributed by atoms with E-state index in [1.165, 1.54) is 7.11 Å². The minimum absolute atomic E-state index is 0.206. The zero-order valence-electron chi connectivity index (χ0n) is 8.02. The van der Waals surface area contributed by atoms with Crippen LogP contribution in [-0.4, -0.2) is 13.1 Å². The molecule has 1 aromatic rings. The van der Waals surface area contributed by atoms with Crippen molar-refractivity contribution in [2.75, 3.05) is 7.11 Å². The van der Waals surface area contributed by atoms with Crippen LogP contribution < -0.4 is 0 Å². The van der Waals surface area contributed by atoms with E-state index in [-0.39, 0.29) is 12.4 Å². The second kappa shape index (κ2) is 5.73. The van der Waals surface area contributed by atoms with Crippen molar-refractivity contribution in [3.63, 3.8) is 0 Å². The lowest BCUT2D eigenvalue weighted by Crippen LogP contribution is -2.05. The van der Waals surface area contributed by atoms with Gasteiger partial charge in [0.2, 0.25) is 0 Å². The molecule has 0 bridgehead atoms. The van der Waals surface area contributed by atoms with Crippen LogP contribution in [0.1, 0.15) is 11.1 Å². The van der Waals surface area contributed by atoms with Crippen LogP contribution in [0.3, 0.4) is 0 Å². The first-order chi connectivity index (χ1) is 7.08. The van der Waals surface area contributed by atoms with Gasteiger partial charge in [-0.15, -0.1) is 11.6 Å². The molecule has 5 heteroatoms. The van der Waals surface area contributed by atoms with Crippen LogP contribution in [0.4, 0.5) is 0 Å². The third-order valence-corrected chi connectivity index (χ3v) is 3.30. The maximum Gasteiger partial charge on any atom is 0.310 e. The Morgan fingerprint density at radius 1 is 1.47 bits per heavy atom. The van der Waals surface area contributed by atoms with Gasteiger partial charge in [0.05, 0.1) is 13.5 Å². The standard InChI is InChI=1S/C10H9BrCl2O2/c1-15-10(14)3-6-2-7(5-12)9(13)4-8(6)11/h2,4H,3,5H2,1H3. The van der Waals surface area contributed by atoms with Gasteiger partial charge in [0, 0.05) is 15.4 Å². The van der Waals surface area contributed by atoms with Crippen LogP contribution >= 0.6 is 39.1 Å². The molecule has 82 valence electrons. The first-order valence-corrected chi connectivity index (χ1v) is 5.88. The number of hydrogen-bond donors (Lipinski definition) is 0. The van der Waals surface area contributed by atoms with Gasteiger partial charge < -0.3 is 4.74 Å². The molecule has 1 aromatic carbocycles. The smallest absolute Gasteiger partial charge is 0.310 e. The molecule has 0 atom stereocenters. The zero-order valence-corrected chi connectivity index (χ0v) is 11.1. The van der Waals surface area contributed by atoms with E-state index < -0.39 is 0 Å². The van der Waals surface area contributed by atoms with Gasteiger partial charge >= 0.3 is 5.97 Å². The lowest BCUT2D eigenvalue weighted by molar-refractivity contribution is -0.139. The Hall–Kier alpha value is -0.250. The van der Waals surface area contributed by atoms with Gasteiger partial charge in [0.15, 0.2) is 0 Å². The van der Waals surface area contributed by atoms with Crippen molar-refractivity contribution in [2.45, 2.75) is 12.3 Å². The van der Waals surface area contributed by atoms with E-state index >= 15 is 0 Å². The Labute approximate surface area is 107 Å². The number of carbonyl (C=O) groups excluding carboxylic acids is 1. The normalized spacial score (nSPS) is 10.1. The Kier molecular flexibility index (Phi) is 4.90. The third-order valence-electron chi connectivity index (χ3n) is 1.92. The molecule has 2 nitrogen and oxygen atoms in total. The van der Waals surface area contributed by atoms with Crippen LogP contribution in [-0.2, 0) is 21.8 Å². The predicted molar refractivity (Wildman–Crippen MR) is 64.4 cm³/mol. The number of rotatable bonds is 3. The molecule has 0 aliphatic rings. The second-order valence-corrected chi connectivity index (χ2v) is 4.45. The molecular formula is C10H9BrCl2O2. The first-order valence-electron chi connectivity index (χ1n) is 4.18. The molecule has 0 radical (unpaired) electrons. The minimum Gasteiger partial charge on any atom is -0.469 e. The van der Waals surface area contributed by atoms with Gasteiger partial charge in [-0.2, -0.15) is 0 Å². The summed E-state index contributed by atoms with van der Waals surface area (Å²) in [5.74, 6) is 0.0267. The van der Waals surface area contributed by atoms with Crippen molar-refractivity contribution in [3.05, 3.63) is 32.8 Å². The van der Waals surface area contributed by atoms with E-state index in [0.717, 1.165) is 15.6 Å². The maximum absolute atomic E-state index is 11.1. The fourth-order valence-corrected chi connectivity index (χ4v) is 2.25. The summed E-state index contributed by atoms with van der Waals surface area (Å²) in [6.07, 6.45) is 0.206. The topological polar surface area (TPSA) is 26.3 Å². The summed E-state index contributed by atoms with van der Waals surface area (Å²) in [6, 6.07) is 3.54. The summed E-state index contributed by atoms with van der Waals surface area (Å²) >= 11 is 15.0. The summed E-state index contributed by atoms with van der Waals surface area (Å²) in [5.41, 5.74) is 1.63. The number of hydrogen-bond acceptors (Lipinski definition) is 2. The molecule has 0 heterocycles. The highest BCUT2D eigenvalue weighted by molar-refractivity contribution is 9.10. The van der Waals surface area contributed by atoms with E-state index in [1.54, 1.807) is 12.1 Å². The molecule has 0 spiro atoms. The Morgan fingerprint density at radius 3 is 2.67 bits per heavy atom. The zero-order chi connectivity index (χ0) is 11.4. The number of methoxy groups -OCH3 is 1. The molecule has 0 unspecified atom stereocenters. The number of esters is 1. The fraction of sp³-hybridized carbons (Fsp3) is 0.300. The van der Waals surface area contributed by atoms with Crippen molar-refractivity contribution in [1.29, 1.82) is 0 Å². The van der Waals surface area contributed by atoms with E-state index in [4.69, 9.17) is 23.2 Å². The van der Waals surface area contributed by atoms with E-state index in [0.29, 0.717) is 10.9 Å². The highest BCUT2D eigenvalue weighted by atomic mass is 79.9. The molecule has 15 heavy (non-hydrogen) atoms. The van der Waals surface area contributed by atoms with Crippen molar-refractivity contribution >= 4 is 45.1 Å². The average molecular weight is 312 g/mol. The van der Waals surface area contributed by atoms with E-state index in [1.807, 2.05) is 0 Å². The summed E-state index contributed by atoms with van der Waals surface area (Å²) in [4.78, 5) is 11.1. The van der Waals surface area contributed by atoms with E-state index in [2.05, 4.69) is 20.7 Å². The number of carbonyl (C=O) groups is 1. The molecule has 0 fully saturated rings. The lowest BCUT2D eigenvalue weighted by atomic mass is 10.1. The quantitative estimate of drug-likeness (QED) is 0.630. The summed E-state index contributed by atoms with van der Waals surface area (Å²) in [5, 5.41) is 0.588. The molecule has 0 N–H and O–H groups in total. The molecule has 0 aromatic heterocycles. The molecule has 0 amide bonds. The largest absolute Gasteiger partial charge is 0.469 e. The van der Waals surface area contributed by atoms with Gasteiger partial charge in [-0.1, -0.05) is 33.6 Å². The number of halogens is 3. The Bertz CT molecular complexity index is 380. The van der Waals surface area contributed by atoms with Crippen LogP contribution in [0.5, 0.6) is 0 Å². The van der Waals surface area contributed by atoms with Gasteiger partial charge in [0.1, 0.15) is 0 Å². The highest BCUT2D eigenvalue weighted by Crippen LogP contribution is 2.27. The Balaban J connectivity index is 3.02. The second-order valence-electron chi connectivity index (χ2n) is 2.92. The molecule has 1 rings (SSSR count). The lowest BCUT2D eigenvalue weighted by Gasteiger charge is -2.07. The van der Waals surface area contributed by atoms with Crippen LogP contribution in [0.15, 0.2) is 16.6 Å². The average Bonchev–Trinajstić information content (AvgIpc) is 2.21. The molecule has 0 aliphatic heterocycles. The van der Waals surface area contributed by atoms with Crippen molar-refractivity contribution < 1.29 is 9.53 Å².